The minimum atomic E-state index is -0.0976. The number of aromatic nitrogens is 1. The Balaban J connectivity index is 0.00000256. The summed E-state index contributed by atoms with van der Waals surface area (Å²) >= 11 is 0. The van der Waals surface area contributed by atoms with Crippen LogP contribution >= 0.6 is 12.4 Å². The number of nitrogens with two attached hydrogens (primary N) is 1. The van der Waals surface area contributed by atoms with E-state index in [9.17, 15) is 4.79 Å². The van der Waals surface area contributed by atoms with Crippen LogP contribution in [-0.4, -0.2) is 28.9 Å². The quantitative estimate of drug-likeness (QED) is 0.894. The molecule has 5 heteroatoms. The van der Waals surface area contributed by atoms with E-state index in [0.717, 1.165) is 5.56 Å². The monoisotopic (exact) mass is 257 g/mol. The van der Waals surface area contributed by atoms with Crippen molar-refractivity contribution in [1.82, 2.24) is 9.88 Å². The first kappa shape index (κ1) is 15.9. The van der Waals surface area contributed by atoms with Gasteiger partial charge in [0.2, 0.25) is 5.91 Å². The number of nitrogens with zero attached hydrogens (tertiary/aromatic N) is 2. The molecule has 2 N–H and O–H groups in total. The molecule has 1 amide bonds. The summed E-state index contributed by atoms with van der Waals surface area (Å²) in [4.78, 5) is 17.5. The molecule has 1 aromatic rings. The molecule has 0 saturated heterocycles. The first-order chi connectivity index (χ1) is 7.52. The second-order valence-electron chi connectivity index (χ2n) is 4.14. The van der Waals surface area contributed by atoms with Crippen LogP contribution < -0.4 is 5.73 Å². The first-order valence-corrected chi connectivity index (χ1v) is 5.43. The zero-order chi connectivity index (χ0) is 12.1. The highest BCUT2D eigenvalue weighted by Gasteiger charge is 2.17. The van der Waals surface area contributed by atoms with Crippen LogP contribution in [0.15, 0.2) is 24.5 Å². The maximum atomic E-state index is 11.8. The summed E-state index contributed by atoms with van der Waals surface area (Å²) < 4.78 is 0. The van der Waals surface area contributed by atoms with Gasteiger partial charge in [-0.05, 0) is 31.5 Å². The van der Waals surface area contributed by atoms with E-state index < -0.39 is 0 Å². The zero-order valence-electron chi connectivity index (χ0n) is 10.5. The molecule has 0 aliphatic heterocycles. The van der Waals surface area contributed by atoms with Gasteiger partial charge in [0, 0.05) is 31.9 Å². The second-order valence-corrected chi connectivity index (χ2v) is 4.14. The van der Waals surface area contributed by atoms with Crippen LogP contribution in [0.2, 0.25) is 0 Å². The standard InChI is InChI=1S/C12H19N3O.ClH/c1-9(13)8-12(16)15(3)10(2)11-4-6-14-7-5-11;/h4-7,9-10H,8,13H2,1-3H3;1H. The van der Waals surface area contributed by atoms with Gasteiger partial charge in [-0.1, -0.05) is 0 Å². The van der Waals surface area contributed by atoms with Gasteiger partial charge in [-0.25, -0.2) is 0 Å². The van der Waals surface area contributed by atoms with E-state index in [2.05, 4.69) is 4.98 Å². The third-order valence-corrected chi connectivity index (χ3v) is 2.66. The molecule has 1 aromatic heterocycles. The van der Waals surface area contributed by atoms with Crippen molar-refractivity contribution in [3.8, 4) is 0 Å². The van der Waals surface area contributed by atoms with Gasteiger partial charge in [0.15, 0.2) is 0 Å². The van der Waals surface area contributed by atoms with Crippen LogP contribution in [0.5, 0.6) is 0 Å². The van der Waals surface area contributed by atoms with Crippen LogP contribution in [0.3, 0.4) is 0 Å². The lowest BCUT2D eigenvalue weighted by atomic mass is 10.1. The van der Waals surface area contributed by atoms with Gasteiger partial charge >= 0.3 is 0 Å². The lowest BCUT2D eigenvalue weighted by Crippen LogP contribution is -2.33. The summed E-state index contributed by atoms with van der Waals surface area (Å²) in [5.74, 6) is 0.0688. The van der Waals surface area contributed by atoms with Gasteiger partial charge in [-0.15, -0.1) is 12.4 Å². The molecule has 0 aromatic carbocycles. The molecule has 0 aliphatic carbocycles. The average molecular weight is 258 g/mol. The van der Waals surface area contributed by atoms with Gasteiger partial charge in [0.1, 0.15) is 0 Å². The van der Waals surface area contributed by atoms with Crippen LogP contribution in [0.4, 0.5) is 0 Å². The van der Waals surface area contributed by atoms with Crippen molar-refractivity contribution in [3.05, 3.63) is 30.1 Å². The highest BCUT2D eigenvalue weighted by atomic mass is 35.5. The molecule has 0 bridgehead atoms. The average Bonchev–Trinajstić information content (AvgIpc) is 2.27. The number of hydrogen-bond acceptors (Lipinski definition) is 3. The Morgan fingerprint density at radius 2 is 1.94 bits per heavy atom. The normalized spacial score (nSPS) is 13.4. The van der Waals surface area contributed by atoms with Crippen LogP contribution in [-0.2, 0) is 4.79 Å². The minimum absolute atomic E-state index is 0. The van der Waals surface area contributed by atoms with Crippen molar-refractivity contribution in [2.45, 2.75) is 32.4 Å². The Labute approximate surface area is 109 Å². The molecule has 4 nitrogen and oxygen atoms in total. The van der Waals surface area contributed by atoms with E-state index in [1.165, 1.54) is 0 Å². The Morgan fingerprint density at radius 1 is 1.41 bits per heavy atom. The van der Waals surface area contributed by atoms with Crippen molar-refractivity contribution in [1.29, 1.82) is 0 Å². The van der Waals surface area contributed by atoms with E-state index >= 15 is 0 Å². The minimum Gasteiger partial charge on any atom is -0.339 e. The number of halogens is 1. The molecule has 17 heavy (non-hydrogen) atoms. The number of hydrogen-bond donors (Lipinski definition) is 1. The Hall–Kier alpha value is -1.13. The van der Waals surface area contributed by atoms with Crippen molar-refractivity contribution >= 4 is 18.3 Å². The smallest absolute Gasteiger partial charge is 0.224 e. The third-order valence-electron chi connectivity index (χ3n) is 2.66. The number of amides is 1. The van der Waals surface area contributed by atoms with Crippen molar-refractivity contribution < 1.29 is 4.79 Å². The number of carbonyl (C=O) groups excluding carboxylic acids is 1. The van der Waals surface area contributed by atoms with Crippen LogP contribution in [0.1, 0.15) is 31.9 Å². The third kappa shape index (κ3) is 4.71. The summed E-state index contributed by atoms with van der Waals surface area (Å²) in [6.07, 6.45) is 3.84. The highest BCUT2D eigenvalue weighted by molar-refractivity contribution is 5.85. The molecular weight excluding hydrogens is 238 g/mol. The maximum absolute atomic E-state index is 11.8. The van der Waals surface area contributed by atoms with Crippen molar-refractivity contribution in [3.63, 3.8) is 0 Å². The van der Waals surface area contributed by atoms with E-state index in [-0.39, 0.29) is 30.4 Å². The molecular formula is C12H20ClN3O. The molecule has 0 aliphatic rings. The molecule has 0 saturated carbocycles. The Bertz CT molecular complexity index is 343. The molecule has 0 spiro atoms. The summed E-state index contributed by atoms with van der Waals surface area (Å²) in [6, 6.07) is 3.79. The van der Waals surface area contributed by atoms with Crippen LogP contribution in [0, 0.1) is 0 Å². The van der Waals surface area contributed by atoms with Crippen LogP contribution in [0.25, 0.3) is 0 Å². The predicted octanol–water partition coefficient (Wildman–Crippen LogP) is 1.76. The summed E-state index contributed by atoms with van der Waals surface area (Å²) in [5.41, 5.74) is 6.69. The summed E-state index contributed by atoms with van der Waals surface area (Å²) in [5, 5.41) is 0. The lowest BCUT2D eigenvalue weighted by Gasteiger charge is -2.26. The maximum Gasteiger partial charge on any atom is 0.224 e. The highest BCUT2D eigenvalue weighted by Crippen LogP contribution is 2.18. The first-order valence-electron chi connectivity index (χ1n) is 5.43. The van der Waals surface area contributed by atoms with E-state index in [1.54, 1.807) is 24.3 Å². The van der Waals surface area contributed by atoms with E-state index in [0.29, 0.717) is 6.42 Å². The van der Waals surface area contributed by atoms with Gasteiger partial charge < -0.3 is 10.6 Å². The molecule has 2 unspecified atom stereocenters. The lowest BCUT2D eigenvalue weighted by molar-refractivity contribution is -0.132. The molecule has 1 rings (SSSR count). The topological polar surface area (TPSA) is 59.2 Å². The number of rotatable bonds is 4. The van der Waals surface area contributed by atoms with Crippen molar-refractivity contribution in [2.75, 3.05) is 7.05 Å². The molecule has 0 radical (unpaired) electrons. The molecule has 1 heterocycles. The number of pyridine rings is 1. The summed E-state index contributed by atoms with van der Waals surface area (Å²) in [7, 11) is 1.80. The fourth-order valence-corrected chi connectivity index (χ4v) is 1.50. The Kier molecular flexibility index (Phi) is 6.76. The van der Waals surface area contributed by atoms with Gasteiger partial charge in [0.05, 0.1) is 6.04 Å². The van der Waals surface area contributed by atoms with Crippen molar-refractivity contribution in [2.24, 2.45) is 5.73 Å². The zero-order valence-corrected chi connectivity index (χ0v) is 11.3. The van der Waals surface area contributed by atoms with E-state index in [4.69, 9.17) is 5.73 Å². The van der Waals surface area contributed by atoms with Gasteiger partial charge in [-0.2, -0.15) is 0 Å². The summed E-state index contributed by atoms with van der Waals surface area (Å²) in [6.45, 7) is 3.83. The fourth-order valence-electron chi connectivity index (χ4n) is 1.50. The molecule has 0 fully saturated rings. The largest absolute Gasteiger partial charge is 0.339 e. The molecule has 2 atom stereocenters. The second kappa shape index (κ2) is 7.25. The number of carbonyl (C=O) groups is 1. The Morgan fingerprint density at radius 3 is 2.41 bits per heavy atom. The SMILES string of the molecule is CC(N)CC(=O)N(C)C(C)c1ccncc1.Cl. The predicted molar refractivity (Wildman–Crippen MR) is 70.9 cm³/mol. The molecule has 96 valence electrons. The van der Waals surface area contributed by atoms with Gasteiger partial charge in [-0.3, -0.25) is 9.78 Å². The van der Waals surface area contributed by atoms with Gasteiger partial charge in [0.25, 0.3) is 0 Å². The van der Waals surface area contributed by atoms with E-state index in [1.807, 2.05) is 26.0 Å². The fraction of sp³-hybridized carbons (Fsp3) is 0.500.